The number of ether oxygens (including phenoxy) is 1. The van der Waals surface area contributed by atoms with Gasteiger partial charge in [-0.3, -0.25) is 9.59 Å². The van der Waals surface area contributed by atoms with Crippen LogP contribution in [-0.4, -0.2) is 35.7 Å². The van der Waals surface area contributed by atoms with Crippen molar-refractivity contribution >= 4 is 11.9 Å². The van der Waals surface area contributed by atoms with Crippen molar-refractivity contribution in [1.29, 1.82) is 0 Å². The van der Waals surface area contributed by atoms with Crippen LogP contribution in [0.3, 0.4) is 0 Å². The van der Waals surface area contributed by atoms with E-state index >= 15 is 0 Å². The smallest absolute Gasteiger partial charge is 0.416 e. The highest BCUT2D eigenvalue weighted by molar-refractivity contribution is 5.80. The maximum atomic E-state index is 12.6. The lowest BCUT2D eigenvalue weighted by Gasteiger charge is -2.28. The van der Waals surface area contributed by atoms with Gasteiger partial charge >= 0.3 is 12.1 Å². The van der Waals surface area contributed by atoms with Crippen molar-refractivity contribution in [3.63, 3.8) is 0 Å². The van der Waals surface area contributed by atoms with Crippen LogP contribution in [0.15, 0.2) is 24.3 Å². The monoisotopic (exact) mass is 359 g/mol. The molecule has 138 valence electrons. The van der Waals surface area contributed by atoms with Gasteiger partial charge in [0.2, 0.25) is 5.91 Å². The van der Waals surface area contributed by atoms with E-state index in [0.717, 1.165) is 12.1 Å². The Morgan fingerprint density at radius 3 is 2.44 bits per heavy atom. The van der Waals surface area contributed by atoms with Crippen LogP contribution in [0.1, 0.15) is 30.9 Å². The number of hydrogen-bond acceptors (Lipinski definition) is 3. The lowest BCUT2D eigenvalue weighted by Crippen LogP contribution is -2.52. The zero-order chi connectivity index (χ0) is 18.7. The molecule has 1 aromatic rings. The average Bonchev–Trinajstić information content (AvgIpc) is 2.94. The van der Waals surface area contributed by atoms with E-state index in [-0.39, 0.29) is 25.4 Å². The zero-order valence-electron chi connectivity index (χ0n) is 13.7. The van der Waals surface area contributed by atoms with Gasteiger partial charge in [0.05, 0.1) is 24.1 Å². The molecule has 0 aromatic heterocycles. The molecule has 0 radical (unpaired) electrons. The Morgan fingerprint density at radius 2 is 1.96 bits per heavy atom. The van der Waals surface area contributed by atoms with E-state index in [1.54, 1.807) is 6.92 Å². The molecule has 2 N–H and O–H groups in total. The maximum absolute atomic E-state index is 12.6. The van der Waals surface area contributed by atoms with Crippen LogP contribution in [0, 0.1) is 5.92 Å². The van der Waals surface area contributed by atoms with E-state index in [4.69, 9.17) is 9.84 Å². The van der Waals surface area contributed by atoms with Crippen molar-refractivity contribution in [1.82, 2.24) is 5.32 Å². The van der Waals surface area contributed by atoms with Crippen LogP contribution in [0.5, 0.6) is 0 Å². The zero-order valence-corrected chi connectivity index (χ0v) is 13.7. The van der Waals surface area contributed by atoms with E-state index in [1.807, 2.05) is 0 Å². The summed E-state index contributed by atoms with van der Waals surface area (Å²) in [4.78, 5) is 23.4. The van der Waals surface area contributed by atoms with Gasteiger partial charge in [0.25, 0.3) is 0 Å². The second-order valence-corrected chi connectivity index (χ2v) is 6.44. The third kappa shape index (κ3) is 5.19. The largest absolute Gasteiger partial charge is 0.481 e. The molecule has 0 bridgehead atoms. The summed E-state index contributed by atoms with van der Waals surface area (Å²) in [5.41, 5.74) is -1.06. The Bertz CT molecular complexity index is 622. The fraction of sp³-hybridized carbons (Fsp3) is 0.529. The summed E-state index contributed by atoms with van der Waals surface area (Å²) < 4.78 is 42.9. The number of halogens is 3. The minimum atomic E-state index is -4.40. The SMILES string of the molecule is CC(Cc1ccc(C(F)(F)F)cc1)C(=O)NC1(CC(=O)O)CCOC1. The van der Waals surface area contributed by atoms with E-state index in [9.17, 15) is 22.8 Å². The molecule has 1 amide bonds. The minimum Gasteiger partial charge on any atom is -0.481 e. The summed E-state index contributed by atoms with van der Waals surface area (Å²) in [6, 6.07) is 4.66. The van der Waals surface area contributed by atoms with Crippen LogP contribution in [0.2, 0.25) is 0 Å². The first-order valence-corrected chi connectivity index (χ1v) is 7.89. The molecule has 2 rings (SSSR count). The topological polar surface area (TPSA) is 75.6 Å². The summed E-state index contributed by atoms with van der Waals surface area (Å²) >= 11 is 0. The molecule has 5 nitrogen and oxygen atoms in total. The number of carboxylic acids is 1. The maximum Gasteiger partial charge on any atom is 0.416 e. The molecule has 1 aliphatic rings. The number of rotatable bonds is 6. The van der Waals surface area contributed by atoms with Crippen molar-refractivity contribution in [3.8, 4) is 0 Å². The van der Waals surface area contributed by atoms with Crippen LogP contribution < -0.4 is 5.32 Å². The lowest BCUT2D eigenvalue weighted by molar-refractivity contribution is -0.140. The quantitative estimate of drug-likeness (QED) is 0.819. The number of aliphatic carboxylic acids is 1. The normalized spacial score (nSPS) is 21.8. The number of nitrogens with one attached hydrogen (secondary N) is 1. The van der Waals surface area contributed by atoms with Gasteiger partial charge in [-0.2, -0.15) is 13.2 Å². The molecule has 0 aliphatic carbocycles. The van der Waals surface area contributed by atoms with E-state index in [0.29, 0.717) is 18.6 Å². The van der Waals surface area contributed by atoms with Crippen molar-refractivity contribution in [2.75, 3.05) is 13.2 Å². The van der Waals surface area contributed by atoms with Gasteiger partial charge in [-0.1, -0.05) is 19.1 Å². The van der Waals surface area contributed by atoms with Crippen molar-refractivity contribution in [2.45, 2.75) is 37.9 Å². The van der Waals surface area contributed by atoms with E-state index < -0.39 is 29.2 Å². The molecule has 1 aromatic carbocycles. The fourth-order valence-electron chi connectivity index (χ4n) is 2.84. The van der Waals surface area contributed by atoms with E-state index in [2.05, 4.69) is 5.32 Å². The average molecular weight is 359 g/mol. The summed E-state index contributed by atoms with van der Waals surface area (Å²) in [6.07, 6.45) is -3.95. The van der Waals surface area contributed by atoms with Gasteiger partial charge in [0, 0.05) is 12.5 Å². The first-order valence-electron chi connectivity index (χ1n) is 7.89. The Labute approximate surface area is 143 Å². The standard InChI is InChI=1S/C17H20F3NO4/c1-11(8-12-2-4-13(5-3-12)17(18,19)20)15(24)21-16(9-14(22)23)6-7-25-10-16/h2-5,11H,6-10H2,1H3,(H,21,24)(H,22,23). The van der Waals surface area contributed by atoms with Gasteiger partial charge in [0.1, 0.15) is 0 Å². The first kappa shape index (κ1) is 19.2. The van der Waals surface area contributed by atoms with Crippen LogP contribution >= 0.6 is 0 Å². The summed E-state index contributed by atoms with van der Waals surface area (Å²) in [5.74, 6) is -1.88. The number of amides is 1. The van der Waals surface area contributed by atoms with Crippen LogP contribution in [0.4, 0.5) is 13.2 Å². The highest BCUT2D eigenvalue weighted by atomic mass is 19.4. The summed E-state index contributed by atoms with van der Waals surface area (Å²) in [5, 5.41) is 11.8. The Morgan fingerprint density at radius 1 is 1.32 bits per heavy atom. The third-order valence-electron chi connectivity index (χ3n) is 4.25. The van der Waals surface area contributed by atoms with Gasteiger partial charge in [0.15, 0.2) is 0 Å². The molecular formula is C17H20F3NO4. The molecule has 1 saturated heterocycles. The number of hydrogen-bond donors (Lipinski definition) is 2. The molecule has 0 saturated carbocycles. The number of carbonyl (C=O) groups excluding carboxylic acids is 1. The predicted octanol–water partition coefficient (Wildman–Crippen LogP) is 2.63. The van der Waals surface area contributed by atoms with Crippen LogP contribution in [0.25, 0.3) is 0 Å². The Kier molecular flexibility index (Phi) is 5.72. The van der Waals surface area contributed by atoms with Crippen molar-refractivity contribution in [3.05, 3.63) is 35.4 Å². The Hall–Kier alpha value is -2.09. The van der Waals surface area contributed by atoms with Gasteiger partial charge in [-0.15, -0.1) is 0 Å². The van der Waals surface area contributed by atoms with Crippen molar-refractivity contribution in [2.24, 2.45) is 5.92 Å². The molecule has 2 unspecified atom stereocenters. The Balaban J connectivity index is 1.98. The molecule has 1 fully saturated rings. The summed E-state index contributed by atoms with van der Waals surface area (Å²) in [6.45, 7) is 2.16. The second kappa shape index (κ2) is 7.43. The second-order valence-electron chi connectivity index (χ2n) is 6.44. The molecule has 2 atom stereocenters. The highest BCUT2D eigenvalue weighted by Gasteiger charge is 2.39. The fourth-order valence-corrected chi connectivity index (χ4v) is 2.84. The molecule has 1 aliphatic heterocycles. The molecular weight excluding hydrogens is 339 g/mol. The van der Waals surface area contributed by atoms with E-state index in [1.165, 1.54) is 12.1 Å². The van der Waals surface area contributed by atoms with Gasteiger partial charge in [-0.05, 0) is 30.5 Å². The van der Waals surface area contributed by atoms with Gasteiger partial charge in [-0.25, -0.2) is 0 Å². The first-order chi connectivity index (χ1) is 11.6. The van der Waals surface area contributed by atoms with Crippen LogP contribution in [-0.2, 0) is 26.9 Å². The number of benzene rings is 1. The minimum absolute atomic E-state index is 0.137. The number of carbonyl (C=O) groups is 2. The lowest BCUT2D eigenvalue weighted by atomic mass is 9.92. The number of carboxylic acid groups (broad SMARTS) is 1. The third-order valence-corrected chi connectivity index (χ3v) is 4.25. The molecule has 8 heteroatoms. The number of alkyl halides is 3. The molecule has 0 spiro atoms. The molecule has 25 heavy (non-hydrogen) atoms. The highest BCUT2D eigenvalue weighted by Crippen LogP contribution is 2.29. The summed E-state index contributed by atoms with van der Waals surface area (Å²) in [7, 11) is 0. The predicted molar refractivity (Wildman–Crippen MR) is 82.9 cm³/mol. The van der Waals surface area contributed by atoms with Crippen molar-refractivity contribution < 1.29 is 32.6 Å². The molecule has 1 heterocycles. The van der Waals surface area contributed by atoms with Gasteiger partial charge < -0.3 is 15.2 Å².